The largest absolute Gasteiger partial charge is 0.325 e. The summed E-state index contributed by atoms with van der Waals surface area (Å²) in [5, 5.41) is 0. The number of carbonyl (C=O) groups excluding carboxylic acids is 1. The van der Waals surface area contributed by atoms with Gasteiger partial charge in [-0.15, -0.1) is 0 Å². The number of hydrogen-bond acceptors (Lipinski definition) is 3. The highest BCUT2D eigenvalue weighted by Gasteiger charge is 2.53. The number of rotatable bonds is 3. The van der Waals surface area contributed by atoms with Crippen LogP contribution < -0.4 is 4.90 Å². The number of carbonyl (C=O) groups is 1. The van der Waals surface area contributed by atoms with Crippen LogP contribution in [0.25, 0.3) is 0 Å². The number of para-hydroxylation sites is 1. The molecule has 5 nitrogen and oxygen atoms in total. The number of sulfone groups is 1. The number of fused-ring (bicyclic) bond motifs is 1. The van der Waals surface area contributed by atoms with Crippen LogP contribution in [-0.2, 0) is 16.4 Å². The van der Waals surface area contributed by atoms with Gasteiger partial charge in [0.25, 0.3) is 0 Å². The Kier molecular flexibility index (Phi) is 3.57. The molecule has 2 saturated heterocycles. The fourth-order valence-corrected chi connectivity index (χ4v) is 5.58. The summed E-state index contributed by atoms with van der Waals surface area (Å²) in [7, 11) is -3.13. The molecule has 0 N–H and O–H groups in total. The van der Waals surface area contributed by atoms with E-state index >= 15 is 0 Å². The molecule has 2 atom stereocenters. The third-order valence-corrected chi connectivity index (χ3v) is 6.41. The molecule has 4 rings (SSSR count). The molecule has 2 amide bonds. The highest BCUT2D eigenvalue weighted by atomic mass is 32.2. The predicted molar refractivity (Wildman–Crippen MR) is 92.5 cm³/mol. The van der Waals surface area contributed by atoms with Crippen molar-refractivity contribution in [2.24, 2.45) is 0 Å². The van der Waals surface area contributed by atoms with Gasteiger partial charge < -0.3 is 4.90 Å². The number of anilines is 1. The molecule has 0 aromatic heterocycles. The van der Waals surface area contributed by atoms with Gasteiger partial charge in [-0.3, -0.25) is 4.90 Å². The summed E-state index contributed by atoms with van der Waals surface area (Å²) in [5.74, 6) is 0.0726. The molecule has 2 heterocycles. The zero-order chi connectivity index (χ0) is 16.7. The molecule has 0 saturated carbocycles. The topological polar surface area (TPSA) is 57.7 Å². The molecule has 0 radical (unpaired) electrons. The summed E-state index contributed by atoms with van der Waals surface area (Å²) >= 11 is 0. The van der Waals surface area contributed by atoms with Crippen LogP contribution in [0, 0.1) is 0 Å². The van der Waals surface area contributed by atoms with Crippen molar-refractivity contribution in [2.45, 2.75) is 18.6 Å². The summed E-state index contributed by atoms with van der Waals surface area (Å²) in [6.07, 6.45) is 0. The zero-order valence-corrected chi connectivity index (χ0v) is 13.9. The van der Waals surface area contributed by atoms with Gasteiger partial charge in [0.1, 0.15) is 0 Å². The Morgan fingerprint density at radius 2 is 1.46 bits per heavy atom. The number of urea groups is 1. The van der Waals surface area contributed by atoms with Crippen molar-refractivity contribution in [1.82, 2.24) is 4.90 Å². The monoisotopic (exact) mass is 342 g/mol. The summed E-state index contributed by atoms with van der Waals surface area (Å²) in [4.78, 5) is 16.3. The van der Waals surface area contributed by atoms with Crippen molar-refractivity contribution in [1.29, 1.82) is 0 Å². The van der Waals surface area contributed by atoms with E-state index in [-0.39, 0.29) is 29.6 Å². The normalized spacial score (nSPS) is 25.1. The number of hydrogen-bond donors (Lipinski definition) is 0. The minimum atomic E-state index is -3.13. The first-order valence-electron chi connectivity index (χ1n) is 7.94. The lowest BCUT2D eigenvalue weighted by Crippen LogP contribution is -2.37. The van der Waals surface area contributed by atoms with Gasteiger partial charge in [-0.05, 0) is 17.7 Å². The molecule has 0 aliphatic carbocycles. The van der Waals surface area contributed by atoms with E-state index in [1.54, 1.807) is 9.80 Å². The van der Waals surface area contributed by atoms with Gasteiger partial charge in [-0.25, -0.2) is 13.2 Å². The standard InChI is InChI=1S/C18H18N2O3S/c21-18-19(11-14-7-3-1-4-8-14)16-12-24(22,23)13-17(16)20(18)15-9-5-2-6-10-15/h1-10,16-17H,11-13H2. The smallest absolute Gasteiger partial charge is 0.314 e. The van der Waals surface area contributed by atoms with Gasteiger partial charge >= 0.3 is 6.03 Å². The lowest BCUT2D eigenvalue weighted by Gasteiger charge is -2.22. The minimum Gasteiger partial charge on any atom is -0.314 e. The third kappa shape index (κ3) is 2.57. The van der Waals surface area contributed by atoms with Crippen LogP contribution in [0.15, 0.2) is 60.7 Å². The molecule has 2 unspecified atom stereocenters. The lowest BCUT2D eigenvalue weighted by molar-refractivity contribution is 0.206. The first kappa shape index (κ1) is 15.2. The maximum Gasteiger partial charge on any atom is 0.325 e. The van der Waals surface area contributed by atoms with E-state index in [9.17, 15) is 13.2 Å². The van der Waals surface area contributed by atoms with E-state index in [0.717, 1.165) is 11.3 Å². The summed E-state index contributed by atoms with van der Waals surface area (Å²) in [6.45, 7) is 0.430. The van der Waals surface area contributed by atoms with Crippen LogP contribution in [-0.4, -0.2) is 42.9 Å². The minimum absolute atomic E-state index is 0.0313. The predicted octanol–water partition coefficient (Wildman–Crippen LogP) is 2.29. The van der Waals surface area contributed by atoms with Crippen molar-refractivity contribution >= 4 is 21.6 Å². The maximum atomic E-state index is 13.0. The number of benzene rings is 2. The second-order valence-corrected chi connectivity index (χ2v) is 8.47. The number of nitrogens with zero attached hydrogens (tertiary/aromatic N) is 2. The molecular weight excluding hydrogens is 324 g/mol. The average molecular weight is 342 g/mol. The van der Waals surface area contributed by atoms with Crippen LogP contribution >= 0.6 is 0 Å². The molecule has 2 aliphatic rings. The van der Waals surface area contributed by atoms with Crippen LogP contribution in [0.3, 0.4) is 0 Å². The Hall–Kier alpha value is -2.34. The van der Waals surface area contributed by atoms with E-state index < -0.39 is 9.84 Å². The van der Waals surface area contributed by atoms with Gasteiger partial charge in [0, 0.05) is 12.2 Å². The average Bonchev–Trinajstić information content (AvgIpc) is 3.00. The Morgan fingerprint density at radius 3 is 2.12 bits per heavy atom. The lowest BCUT2D eigenvalue weighted by atomic mass is 10.1. The van der Waals surface area contributed by atoms with Gasteiger partial charge in [-0.1, -0.05) is 48.5 Å². The molecule has 0 spiro atoms. The van der Waals surface area contributed by atoms with Gasteiger partial charge in [0.05, 0.1) is 23.6 Å². The molecule has 2 fully saturated rings. The van der Waals surface area contributed by atoms with E-state index in [0.29, 0.717) is 6.54 Å². The SMILES string of the molecule is O=C1N(Cc2ccccc2)C2CS(=O)(=O)CC2N1c1ccccc1. The van der Waals surface area contributed by atoms with Crippen molar-refractivity contribution in [2.75, 3.05) is 16.4 Å². The molecule has 2 aromatic rings. The summed E-state index contributed by atoms with van der Waals surface area (Å²) in [6, 6.07) is 18.3. The molecule has 0 bridgehead atoms. The zero-order valence-electron chi connectivity index (χ0n) is 13.1. The maximum absolute atomic E-state index is 13.0. The van der Waals surface area contributed by atoms with Crippen molar-refractivity contribution in [3.63, 3.8) is 0 Å². The van der Waals surface area contributed by atoms with Crippen LogP contribution in [0.2, 0.25) is 0 Å². The van der Waals surface area contributed by atoms with Crippen LogP contribution in [0.1, 0.15) is 5.56 Å². The van der Waals surface area contributed by atoms with E-state index in [1.807, 2.05) is 60.7 Å². The van der Waals surface area contributed by atoms with Crippen LogP contribution in [0.4, 0.5) is 10.5 Å². The van der Waals surface area contributed by atoms with Gasteiger partial charge in [-0.2, -0.15) is 0 Å². The van der Waals surface area contributed by atoms with Gasteiger partial charge in [0.15, 0.2) is 9.84 Å². The Morgan fingerprint density at radius 1 is 0.875 bits per heavy atom. The van der Waals surface area contributed by atoms with E-state index in [2.05, 4.69) is 0 Å². The molecule has 2 aliphatic heterocycles. The fraction of sp³-hybridized carbons (Fsp3) is 0.278. The molecule has 24 heavy (non-hydrogen) atoms. The Labute approximate surface area is 141 Å². The highest BCUT2D eigenvalue weighted by molar-refractivity contribution is 7.91. The molecule has 6 heteroatoms. The van der Waals surface area contributed by atoms with Crippen molar-refractivity contribution in [3.8, 4) is 0 Å². The number of amides is 2. The molecular formula is C18H18N2O3S. The van der Waals surface area contributed by atoms with Gasteiger partial charge in [0.2, 0.25) is 0 Å². The van der Waals surface area contributed by atoms with Crippen molar-refractivity contribution in [3.05, 3.63) is 66.2 Å². The summed E-state index contributed by atoms with van der Waals surface area (Å²) in [5.41, 5.74) is 1.76. The van der Waals surface area contributed by atoms with Crippen LogP contribution in [0.5, 0.6) is 0 Å². The Bertz CT molecular complexity index is 852. The third-order valence-electron chi connectivity index (χ3n) is 4.71. The Balaban J connectivity index is 1.71. The second-order valence-electron chi connectivity index (χ2n) is 6.31. The molecule has 2 aromatic carbocycles. The van der Waals surface area contributed by atoms with Crippen molar-refractivity contribution < 1.29 is 13.2 Å². The molecule has 124 valence electrons. The van der Waals surface area contributed by atoms with E-state index in [4.69, 9.17) is 0 Å². The summed E-state index contributed by atoms with van der Waals surface area (Å²) < 4.78 is 24.3. The first-order valence-corrected chi connectivity index (χ1v) is 9.76. The first-order chi connectivity index (χ1) is 11.6. The highest BCUT2D eigenvalue weighted by Crippen LogP contribution is 2.35. The fourth-order valence-electron chi connectivity index (χ4n) is 3.63. The van der Waals surface area contributed by atoms with E-state index in [1.165, 1.54) is 0 Å². The second kappa shape index (κ2) is 5.63. The quantitative estimate of drug-likeness (QED) is 0.804.